The third-order valence-corrected chi connectivity index (χ3v) is 5.52. The molecule has 1 fully saturated rings. The zero-order valence-electron chi connectivity index (χ0n) is 17.1. The van der Waals surface area contributed by atoms with Crippen LogP contribution in [0.15, 0.2) is 53.1 Å². The first kappa shape index (κ1) is 20.4. The average Bonchev–Trinajstić information content (AvgIpc) is 3.43. The number of alkyl halides is 2. The van der Waals surface area contributed by atoms with Crippen LogP contribution in [-0.2, 0) is 6.54 Å². The van der Waals surface area contributed by atoms with E-state index in [0.717, 1.165) is 18.7 Å². The van der Waals surface area contributed by atoms with E-state index in [4.69, 9.17) is 4.42 Å². The van der Waals surface area contributed by atoms with E-state index in [9.17, 15) is 13.2 Å². The summed E-state index contributed by atoms with van der Waals surface area (Å²) >= 11 is 0. The van der Waals surface area contributed by atoms with Crippen LogP contribution in [0.2, 0.25) is 0 Å². The Morgan fingerprint density at radius 2 is 1.91 bits per heavy atom. The summed E-state index contributed by atoms with van der Waals surface area (Å²) in [6, 6.07) is 12.5. The van der Waals surface area contributed by atoms with Crippen molar-refractivity contribution in [3.05, 3.63) is 71.5 Å². The van der Waals surface area contributed by atoms with Crippen LogP contribution in [0.4, 0.5) is 13.2 Å². The highest BCUT2D eigenvalue weighted by atomic mass is 19.3. The first-order chi connectivity index (χ1) is 15.5. The van der Waals surface area contributed by atoms with E-state index in [2.05, 4.69) is 44.6 Å². The molecule has 10 heteroatoms. The Labute approximate surface area is 181 Å². The summed E-state index contributed by atoms with van der Waals surface area (Å²) in [5.74, 6) is -0.968. The largest absolute Gasteiger partial charge is 0.415 e. The van der Waals surface area contributed by atoms with E-state index in [1.54, 1.807) is 10.9 Å². The molecule has 0 N–H and O–H groups in total. The molecule has 0 radical (unpaired) electrons. The van der Waals surface area contributed by atoms with Crippen LogP contribution in [0.25, 0.3) is 22.7 Å². The zero-order chi connectivity index (χ0) is 22.2. The number of benzene rings is 2. The van der Waals surface area contributed by atoms with E-state index >= 15 is 0 Å². The molecule has 164 valence electrons. The van der Waals surface area contributed by atoms with Crippen LogP contribution in [0.3, 0.4) is 0 Å². The smallest absolute Gasteiger partial charge is 0.314 e. The number of aromatic nitrogens is 5. The topological polar surface area (TPSA) is 72.9 Å². The fourth-order valence-corrected chi connectivity index (χ4v) is 3.79. The van der Waals surface area contributed by atoms with Gasteiger partial charge in [-0.2, -0.15) is 8.78 Å². The minimum Gasteiger partial charge on any atom is -0.415 e. The van der Waals surface area contributed by atoms with Gasteiger partial charge < -0.3 is 9.32 Å². The molecule has 1 aliphatic heterocycles. The van der Waals surface area contributed by atoms with Crippen molar-refractivity contribution in [2.45, 2.75) is 18.9 Å². The molecule has 2 aromatic carbocycles. The molecule has 3 heterocycles. The van der Waals surface area contributed by atoms with Crippen LogP contribution < -0.4 is 0 Å². The lowest BCUT2D eigenvalue weighted by Gasteiger charge is -2.36. The average molecular weight is 440 g/mol. The predicted octanol–water partition coefficient (Wildman–Crippen LogP) is 4.15. The second-order valence-corrected chi connectivity index (χ2v) is 7.90. The fraction of sp³-hybridized carbons (Fsp3) is 0.273. The van der Waals surface area contributed by atoms with Crippen molar-refractivity contribution in [2.75, 3.05) is 20.1 Å². The van der Waals surface area contributed by atoms with Crippen LogP contribution >= 0.6 is 0 Å². The molecule has 32 heavy (non-hydrogen) atoms. The highest BCUT2D eigenvalue weighted by Crippen LogP contribution is 2.29. The zero-order valence-corrected chi connectivity index (χ0v) is 17.1. The summed E-state index contributed by atoms with van der Waals surface area (Å²) in [7, 11) is 2.10. The number of hydrogen-bond donors (Lipinski definition) is 0. The van der Waals surface area contributed by atoms with Gasteiger partial charge in [0.25, 0.3) is 5.89 Å². The second kappa shape index (κ2) is 8.19. The van der Waals surface area contributed by atoms with E-state index < -0.39 is 18.1 Å². The number of halogens is 3. The highest BCUT2D eigenvalue weighted by molar-refractivity contribution is 5.59. The number of nitrogens with zero attached hydrogens (tertiary/aromatic N) is 6. The lowest BCUT2D eigenvalue weighted by molar-refractivity contribution is 0.116. The summed E-state index contributed by atoms with van der Waals surface area (Å²) in [4.78, 5) is 2.27. The Hall–Kier alpha value is -3.53. The van der Waals surface area contributed by atoms with E-state index in [-0.39, 0.29) is 18.0 Å². The van der Waals surface area contributed by atoms with Crippen molar-refractivity contribution in [3.8, 4) is 22.7 Å². The van der Waals surface area contributed by atoms with Crippen LogP contribution in [0, 0.1) is 5.82 Å². The van der Waals surface area contributed by atoms with Crippen molar-refractivity contribution in [1.82, 2.24) is 30.1 Å². The Kier molecular flexibility index (Phi) is 5.22. The van der Waals surface area contributed by atoms with Gasteiger partial charge >= 0.3 is 6.43 Å². The van der Waals surface area contributed by atoms with Crippen LogP contribution in [-0.4, -0.2) is 50.2 Å². The first-order valence-electron chi connectivity index (χ1n) is 10.1. The summed E-state index contributed by atoms with van der Waals surface area (Å²) in [5.41, 5.74) is 3.54. The van der Waals surface area contributed by atoms with Gasteiger partial charge in [-0.15, -0.1) is 15.3 Å². The maximum atomic E-state index is 14.6. The standard InChI is InChI=1S/C22H19F3N6O/c1-30-9-17(10-30)13-3-2-4-14(7-13)19-12-31(29-26-19)11-16-6-5-15(8-18(16)23)21-27-28-22(32-21)20(24)25/h2-8,12,17,20H,9-11H2,1H3. The van der Waals surface area contributed by atoms with Crippen LogP contribution in [0.5, 0.6) is 0 Å². The van der Waals surface area contributed by atoms with Crippen molar-refractivity contribution >= 4 is 0 Å². The summed E-state index contributed by atoms with van der Waals surface area (Å²) in [6.07, 6.45) is -1.11. The number of hydrogen-bond acceptors (Lipinski definition) is 6. The first-order valence-corrected chi connectivity index (χ1v) is 10.1. The maximum Gasteiger partial charge on any atom is 0.314 e. The van der Waals surface area contributed by atoms with Crippen molar-refractivity contribution in [3.63, 3.8) is 0 Å². The van der Waals surface area contributed by atoms with Gasteiger partial charge in [-0.05, 0) is 30.8 Å². The Morgan fingerprint density at radius 1 is 1.06 bits per heavy atom. The third-order valence-electron chi connectivity index (χ3n) is 5.52. The molecular weight excluding hydrogens is 421 g/mol. The van der Waals surface area contributed by atoms with Gasteiger partial charge in [-0.3, -0.25) is 0 Å². The molecule has 4 aromatic rings. The molecule has 0 bridgehead atoms. The lowest BCUT2D eigenvalue weighted by atomic mass is 9.91. The summed E-state index contributed by atoms with van der Waals surface area (Å²) in [6.45, 7) is 2.25. The molecule has 7 nitrogen and oxygen atoms in total. The van der Waals surface area contributed by atoms with E-state index in [1.807, 2.05) is 12.1 Å². The molecule has 0 spiro atoms. The minimum atomic E-state index is -2.88. The Balaban J connectivity index is 1.32. The quantitative estimate of drug-likeness (QED) is 0.449. The van der Waals surface area contributed by atoms with Gasteiger partial charge in [0.05, 0.1) is 12.7 Å². The Bertz CT molecular complexity index is 1250. The monoisotopic (exact) mass is 440 g/mol. The van der Waals surface area contributed by atoms with Crippen LogP contribution in [0.1, 0.15) is 29.4 Å². The molecule has 0 saturated carbocycles. The van der Waals surface area contributed by atoms with Gasteiger partial charge in [0.1, 0.15) is 11.5 Å². The molecule has 2 aromatic heterocycles. The van der Waals surface area contributed by atoms with Crippen molar-refractivity contribution in [1.29, 1.82) is 0 Å². The van der Waals surface area contributed by atoms with Crippen molar-refractivity contribution < 1.29 is 17.6 Å². The normalized spacial score (nSPS) is 14.8. The van der Waals surface area contributed by atoms with Gasteiger partial charge in [0, 0.05) is 35.7 Å². The molecule has 0 amide bonds. The number of likely N-dealkylation sites (N-methyl/N-ethyl adjacent to an activating group) is 1. The molecule has 1 saturated heterocycles. The highest BCUT2D eigenvalue weighted by Gasteiger charge is 2.25. The van der Waals surface area contributed by atoms with E-state index in [0.29, 0.717) is 17.2 Å². The Morgan fingerprint density at radius 3 is 2.62 bits per heavy atom. The lowest BCUT2D eigenvalue weighted by Crippen LogP contribution is -2.41. The fourth-order valence-electron chi connectivity index (χ4n) is 3.79. The van der Waals surface area contributed by atoms with Gasteiger partial charge in [0.2, 0.25) is 5.89 Å². The SMILES string of the molecule is CN1CC(c2cccc(-c3cn(Cc4ccc(-c5nnc(C(F)F)o5)cc4F)nn3)c2)C1. The molecule has 5 rings (SSSR count). The number of likely N-dealkylation sites (tertiary alicyclic amines) is 1. The third kappa shape index (κ3) is 4.01. The molecule has 0 unspecified atom stereocenters. The maximum absolute atomic E-state index is 14.6. The summed E-state index contributed by atoms with van der Waals surface area (Å²) in [5, 5.41) is 15.2. The second-order valence-electron chi connectivity index (χ2n) is 7.90. The molecule has 1 aliphatic rings. The molecule has 0 aliphatic carbocycles. The molecule has 0 atom stereocenters. The molecular formula is C22H19F3N6O. The minimum absolute atomic E-state index is 0.161. The van der Waals surface area contributed by atoms with Crippen molar-refractivity contribution in [2.24, 2.45) is 0 Å². The van der Waals surface area contributed by atoms with E-state index in [1.165, 1.54) is 23.8 Å². The van der Waals surface area contributed by atoms with Gasteiger partial charge in [-0.25, -0.2) is 9.07 Å². The van der Waals surface area contributed by atoms with Gasteiger partial charge in [0.15, 0.2) is 0 Å². The van der Waals surface area contributed by atoms with Gasteiger partial charge in [-0.1, -0.05) is 29.5 Å². The predicted molar refractivity (Wildman–Crippen MR) is 109 cm³/mol. The number of rotatable bonds is 6. The summed E-state index contributed by atoms with van der Waals surface area (Å²) < 4.78 is 46.3.